The average molecular weight is 298 g/mol. The second-order valence-electron chi connectivity index (χ2n) is 5.02. The maximum atomic E-state index is 5.99. The lowest BCUT2D eigenvalue weighted by atomic mass is 10.1. The molecule has 1 unspecified atom stereocenters. The van der Waals surface area contributed by atoms with Gasteiger partial charge >= 0.3 is 0 Å². The molecule has 104 valence electrons. The number of anilines is 1. The first-order valence-electron chi connectivity index (χ1n) is 6.73. The van der Waals surface area contributed by atoms with E-state index in [1.54, 1.807) is 0 Å². The van der Waals surface area contributed by atoms with Crippen molar-refractivity contribution in [1.82, 2.24) is 10.1 Å². The molecule has 5 heteroatoms. The van der Waals surface area contributed by atoms with Crippen molar-refractivity contribution in [2.75, 3.05) is 5.32 Å². The standard InChI is InChI=1S/C16H12ClN3O/c17-12-6-3-5-11(8-12)15-19-16(21-20-15)14-9-10-4-1-2-7-13(10)18-14/h1-8,14,18H,9H2. The normalized spacial score (nSPS) is 16.5. The van der Waals surface area contributed by atoms with Gasteiger partial charge in [0.05, 0.1) is 0 Å². The van der Waals surface area contributed by atoms with Crippen molar-refractivity contribution >= 4 is 17.3 Å². The number of aromatic nitrogens is 2. The van der Waals surface area contributed by atoms with Crippen molar-refractivity contribution in [3.63, 3.8) is 0 Å². The second kappa shape index (κ2) is 4.90. The van der Waals surface area contributed by atoms with Crippen molar-refractivity contribution in [2.24, 2.45) is 0 Å². The molecule has 0 saturated carbocycles. The Morgan fingerprint density at radius 2 is 2.05 bits per heavy atom. The highest BCUT2D eigenvalue weighted by molar-refractivity contribution is 6.30. The van der Waals surface area contributed by atoms with Crippen LogP contribution in [-0.2, 0) is 6.42 Å². The fraction of sp³-hybridized carbons (Fsp3) is 0.125. The number of para-hydroxylation sites is 1. The number of nitrogens with one attached hydrogen (secondary N) is 1. The van der Waals surface area contributed by atoms with E-state index in [4.69, 9.17) is 16.1 Å². The van der Waals surface area contributed by atoms with E-state index in [1.807, 2.05) is 36.4 Å². The third kappa shape index (κ3) is 2.28. The largest absolute Gasteiger partial charge is 0.373 e. The Bertz CT molecular complexity index is 774. The van der Waals surface area contributed by atoms with Gasteiger partial charge in [-0.25, -0.2) is 0 Å². The second-order valence-corrected chi connectivity index (χ2v) is 5.46. The smallest absolute Gasteiger partial charge is 0.249 e. The minimum Gasteiger partial charge on any atom is -0.373 e. The molecule has 2 aromatic carbocycles. The Hall–Kier alpha value is -2.33. The third-order valence-electron chi connectivity index (χ3n) is 3.59. The maximum absolute atomic E-state index is 5.99. The minimum atomic E-state index is 0.0304. The summed E-state index contributed by atoms with van der Waals surface area (Å²) in [5, 5.41) is 8.11. The number of rotatable bonds is 2. The molecule has 0 amide bonds. The van der Waals surface area contributed by atoms with Crippen LogP contribution in [0.3, 0.4) is 0 Å². The first-order valence-corrected chi connectivity index (χ1v) is 7.11. The number of hydrogen-bond acceptors (Lipinski definition) is 4. The first kappa shape index (κ1) is 12.4. The van der Waals surface area contributed by atoms with E-state index in [-0.39, 0.29) is 6.04 Å². The van der Waals surface area contributed by atoms with Crippen LogP contribution < -0.4 is 5.32 Å². The Kier molecular flexibility index (Phi) is 2.89. The number of nitrogens with zero attached hydrogens (tertiary/aromatic N) is 2. The van der Waals surface area contributed by atoms with Crippen molar-refractivity contribution in [3.05, 3.63) is 65.0 Å². The first-order chi connectivity index (χ1) is 10.3. The van der Waals surface area contributed by atoms with Gasteiger partial charge in [-0.3, -0.25) is 0 Å². The van der Waals surface area contributed by atoms with Crippen molar-refractivity contribution in [2.45, 2.75) is 12.5 Å². The summed E-state index contributed by atoms with van der Waals surface area (Å²) in [6.07, 6.45) is 0.855. The fourth-order valence-corrected chi connectivity index (χ4v) is 2.76. The molecular weight excluding hydrogens is 286 g/mol. The lowest BCUT2D eigenvalue weighted by Crippen LogP contribution is -2.05. The minimum absolute atomic E-state index is 0.0304. The van der Waals surface area contributed by atoms with Crippen LogP contribution in [0.15, 0.2) is 53.1 Å². The summed E-state index contributed by atoms with van der Waals surface area (Å²) in [6, 6.07) is 15.7. The molecule has 0 aliphatic carbocycles. The lowest BCUT2D eigenvalue weighted by Gasteiger charge is -2.04. The highest BCUT2D eigenvalue weighted by Crippen LogP contribution is 2.33. The molecule has 21 heavy (non-hydrogen) atoms. The maximum Gasteiger partial charge on any atom is 0.249 e. The van der Waals surface area contributed by atoms with Gasteiger partial charge in [-0.2, -0.15) is 4.98 Å². The van der Waals surface area contributed by atoms with Gasteiger partial charge in [-0.15, -0.1) is 0 Å². The molecule has 1 aliphatic rings. The predicted octanol–water partition coefficient (Wildman–Crippen LogP) is 4.10. The molecule has 0 radical (unpaired) electrons. The van der Waals surface area contributed by atoms with Crippen LogP contribution in [0.5, 0.6) is 0 Å². The quantitative estimate of drug-likeness (QED) is 0.773. The molecule has 0 fully saturated rings. The number of benzene rings is 2. The van der Waals surface area contributed by atoms with Gasteiger partial charge in [-0.1, -0.05) is 47.1 Å². The Morgan fingerprint density at radius 1 is 1.14 bits per heavy atom. The van der Waals surface area contributed by atoms with Crippen LogP contribution in [0.25, 0.3) is 11.4 Å². The highest BCUT2D eigenvalue weighted by atomic mass is 35.5. The van der Waals surface area contributed by atoms with Crippen molar-refractivity contribution in [1.29, 1.82) is 0 Å². The molecule has 1 atom stereocenters. The SMILES string of the molecule is Clc1cccc(-c2noc(C3Cc4ccccc4N3)n2)c1. The van der Waals surface area contributed by atoms with Crippen molar-refractivity contribution in [3.8, 4) is 11.4 Å². The molecular formula is C16H12ClN3O. The van der Waals surface area contributed by atoms with Gasteiger partial charge in [0, 0.05) is 22.7 Å². The topological polar surface area (TPSA) is 51.0 Å². The van der Waals surface area contributed by atoms with E-state index < -0.39 is 0 Å². The van der Waals surface area contributed by atoms with Gasteiger partial charge in [0.2, 0.25) is 11.7 Å². The summed E-state index contributed by atoms with van der Waals surface area (Å²) in [5.41, 5.74) is 3.25. The van der Waals surface area contributed by atoms with Crippen LogP contribution in [0.2, 0.25) is 5.02 Å². The number of halogens is 1. The third-order valence-corrected chi connectivity index (χ3v) is 3.83. The molecule has 4 rings (SSSR count). The summed E-state index contributed by atoms with van der Waals surface area (Å²) in [7, 11) is 0. The monoisotopic (exact) mass is 297 g/mol. The predicted molar refractivity (Wildman–Crippen MR) is 81.3 cm³/mol. The Balaban J connectivity index is 1.62. The fourth-order valence-electron chi connectivity index (χ4n) is 2.57. The molecule has 4 nitrogen and oxygen atoms in total. The number of fused-ring (bicyclic) bond motifs is 1. The van der Waals surface area contributed by atoms with Crippen molar-refractivity contribution < 1.29 is 4.52 Å². The Morgan fingerprint density at radius 3 is 2.90 bits per heavy atom. The summed E-state index contributed by atoms with van der Waals surface area (Å²) in [6.45, 7) is 0. The molecule has 1 aromatic heterocycles. The molecule has 0 bridgehead atoms. The average Bonchev–Trinajstić information content (AvgIpc) is 3.14. The summed E-state index contributed by atoms with van der Waals surface area (Å²) >= 11 is 5.99. The molecule has 1 N–H and O–H groups in total. The zero-order valence-electron chi connectivity index (χ0n) is 11.1. The van der Waals surface area contributed by atoms with Crippen LogP contribution in [0.1, 0.15) is 17.5 Å². The molecule has 0 spiro atoms. The molecule has 3 aromatic rings. The van der Waals surface area contributed by atoms with Crippen LogP contribution in [-0.4, -0.2) is 10.1 Å². The summed E-state index contributed by atoms with van der Waals surface area (Å²) in [4.78, 5) is 4.49. The van der Waals surface area contributed by atoms with Gasteiger partial charge < -0.3 is 9.84 Å². The summed E-state index contributed by atoms with van der Waals surface area (Å²) < 4.78 is 5.41. The number of hydrogen-bond donors (Lipinski definition) is 1. The van der Waals surface area contributed by atoms with Gasteiger partial charge in [0.25, 0.3) is 0 Å². The van der Waals surface area contributed by atoms with E-state index in [2.05, 4.69) is 27.6 Å². The highest BCUT2D eigenvalue weighted by Gasteiger charge is 2.26. The van der Waals surface area contributed by atoms with Crippen LogP contribution >= 0.6 is 11.6 Å². The van der Waals surface area contributed by atoms with E-state index in [9.17, 15) is 0 Å². The van der Waals surface area contributed by atoms with Gasteiger partial charge in [0.1, 0.15) is 6.04 Å². The lowest BCUT2D eigenvalue weighted by molar-refractivity contribution is 0.364. The van der Waals surface area contributed by atoms with Gasteiger partial charge in [-0.05, 0) is 23.8 Å². The van der Waals surface area contributed by atoms with E-state index >= 15 is 0 Å². The zero-order valence-corrected chi connectivity index (χ0v) is 11.8. The molecule has 1 aliphatic heterocycles. The zero-order chi connectivity index (χ0) is 14.2. The Labute approximate surface area is 126 Å². The van der Waals surface area contributed by atoms with E-state index in [1.165, 1.54) is 5.56 Å². The summed E-state index contributed by atoms with van der Waals surface area (Å²) in [5.74, 6) is 1.16. The molecule has 2 heterocycles. The van der Waals surface area contributed by atoms with Crippen LogP contribution in [0, 0.1) is 0 Å². The van der Waals surface area contributed by atoms with E-state index in [0.717, 1.165) is 17.7 Å². The van der Waals surface area contributed by atoms with Gasteiger partial charge in [0.15, 0.2) is 0 Å². The molecule has 0 saturated heterocycles. The van der Waals surface area contributed by atoms with Crippen LogP contribution in [0.4, 0.5) is 5.69 Å². The van der Waals surface area contributed by atoms with E-state index in [0.29, 0.717) is 16.7 Å².